The van der Waals surface area contributed by atoms with Gasteiger partial charge in [-0.15, -0.1) is 0 Å². The molecule has 0 aliphatic carbocycles. The topological polar surface area (TPSA) is 141 Å². The number of hydrogen-bond donors (Lipinski definition) is 3. The molecule has 10 nitrogen and oxygen atoms in total. The van der Waals surface area contributed by atoms with Gasteiger partial charge in [0, 0.05) is 11.9 Å². The van der Waals surface area contributed by atoms with E-state index in [2.05, 4.69) is 63.4 Å². The number of likely N-dealkylation sites (N-methyl/N-ethyl adjacent to an activating group) is 3. The second-order valence-electron chi connectivity index (χ2n) is 9.46. The summed E-state index contributed by atoms with van der Waals surface area (Å²) in [5, 5.41) is 44.2. The zero-order valence-corrected chi connectivity index (χ0v) is 21.1. The van der Waals surface area contributed by atoms with Crippen LogP contribution >= 0.6 is 0 Å². The highest BCUT2D eigenvalue weighted by atomic mass is 35.5. The molecule has 0 spiro atoms. The molecule has 0 fully saturated rings. The number of halogens is 1. The Bertz CT molecular complexity index is 352. The maximum absolute atomic E-state index is 9.50. The van der Waals surface area contributed by atoms with E-state index in [-0.39, 0.29) is 32.2 Å². The number of aliphatic hydroxyl groups excluding tert-OH is 3. The molecule has 0 saturated heterocycles. The van der Waals surface area contributed by atoms with Crippen LogP contribution in [0.5, 0.6) is 0 Å². The molecule has 0 aromatic carbocycles. The van der Waals surface area contributed by atoms with Gasteiger partial charge in [0.2, 0.25) is 0 Å². The molecule has 0 amide bonds. The average Bonchev–Trinajstić information content (AvgIpc) is 2.43. The first-order chi connectivity index (χ1) is 12.8. The van der Waals surface area contributed by atoms with E-state index in [0.717, 1.165) is 33.1 Å². The summed E-state index contributed by atoms with van der Waals surface area (Å²) in [7, 11) is 18.5. The fourth-order valence-corrected chi connectivity index (χ4v) is 1.10. The highest BCUT2D eigenvalue weighted by molar-refractivity contribution is 5.72. The molecular formula is C19H46ClN3O7. The number of carbonyl (C=O) groups excluding carboxylic acids is 2. The predicted octanol–water partition coefficient (Wildman–Crippen LogP) is -6.67. The molecule has 0 unspecified atom stereocenters. The third-order valence-electron chi connectivity index (χ3n) is 2.85. The standard InChI is InChI=1S/3C5H14NO.C4H6O4.ClH/c3*1-6(2,3)4-5-7;5-3(6)1-2-4(7)8;/h3*7H,4-5H2,1-3H3;1-2H2,(H,5,6)(H,7,8);1H/q3*+1;;/p-3. The monoisotopic (exact) mass is 463 g/mol. The molecule has 0 atom stereocenters. The Balaban J connectivity index is -0.0000000917. The molecule has 0 bridgehead atoms. The van der Waals surface area contributed by atoms with Gasteiger partial charge in [0.05, 0.1) is 83.2 Å². The van der Waals surface area contributed by atoms with Crippen LogP contribution in [0.1, 0.15) is 12.8 Å². The second kappa shape index (κ2) is 21.2. The van der Waals surface area contributed by atoms with Gasteiger partial charge in [-0.05, 0) is 12.8 Å². The van der Waals surface area contributed by atoms with Crippen LogP contribution in [-0.4, -0.2) is 144 Å². The van der Waals surface area contributed by atoms with Crippen molar-refractivity contribution in [2.45, 2.75) is 12.8 Å². The van der Waals surface area contributed by atoms with Gasteiger partial charge in [0.15, 0.2) is 0 Å². The minimum absolute atomic E-state index is 0. The predicted molar refractivity (Wildman–Crippen MR) is 109 cm³/mol. The highest BCUT2D eigenvalue weighted by Crippen LogP contribution is 1.86. The molecule has 3 N–H and O–H groups in total. The Labute approximate surface area is 189 Å². The van der Waals surface area contributed by atoms with Gasteiger partial charge in [-0.25, -0.2) is 0 Å². The van der Waals surface area contributed by atoms with E-state index < -0.39 is 24.8 Å². The number of carboxylic acid groups (broad SMARTS) is 2. The summed E-state index contributed by atoms with van der Waals surface area (Å²) in [6, 6.07) is 0. The SMILES string of the molecule is C[N+](C)(C)CCO.C[N+](C)(C)CCO.C[N+](C)(C)CCO.O=C([O-])CCC(=O)[O-].[Cl-]. The number of hydrogen-bond acceptors (Lipinski definition) is 7. The van der Waals surface area contributed by atoms with Gasteiger partial charge < -0.3 is 61.0 Å². The maximum atomic E-state index is 9.50. The Morgan fingerprint density at radius 2 is 0.733 bits per heavy atom. The molecule has 0 aliphatic heterocycles. The number of aliphatic carboxylic acids is 2. The van der Waals surface area contributed by atoms with Gasteiger partial charge in [-0.3, -0.25) is 0 Å². The summed E-state index contributed by atoms with van der Waals surface area (Å²) in [5.74, 6) is -2.73. The molecule has 0 heterocycles. The van der Waals surface area contributed by atoms with Crippen LogP contribution in [0.4, 0.5) is 0 Å². The third kappa shape index (κ3) is 71.3. The van der Waals surface area contributed by atoms with E-state index in [9.17, 15) is 19.8 Å². The summed E-state index contributed by atoms with van der Waals surface area (Å²) >= 11 is 0. The van der Waals surface area contributed by atoms with Gasteiger partial charge in [0.1, 0.15) is 19.6 Å². The second-order valence-corrected chi connectivity index (χ2v) is 9.46. The number of nitrogens with zero attached hydrogens (tertiary/aromatic N) is 3. The molecule has 0 rings (SSSR count). The van der Waals surface area contributed by atoms with Crippen molar-refractivity contribution in [2.24, 2.45) is 0 Å². The minimum atomic E-state index is -1.37. The summed E-state index contributed by atoms with van der Waals surface area (Å²) < 4.78 is 2.53. The summed E-state index contributed by atoms with van der Waals surface area (Å²) in [5.41, 5.74) is 0. The molecular weight excluding hydrogens is 418 g/mol. The van der Waals surface area contributed by atoms with E-state index in [4.69, 9.17) is 15.3 Å². The first-order valence-electron chi connectivity index (χ1n) is 9.45. The van der Waals surface area contributed by atoms with Crippen LogP contribution < -0.4 is 22.6 Å². The lowest BCUT2D eigenvalue weighted by atomic mass is 10.3. The Hall–Kier alpha value is -1.01. The smallest absolute Gasteiger partial charge is 0.101 e. The van der Waals surface area contributed by atoms with Crippen molar-refractivity contribution >= 4 is 11.9 Å². The average molecular weight is 464 g/mol. The lowest BCUT2D eigenvalue weighted by Crippen LogP contribution is -3.00. The minimum Gasteiger partial charge on any atom is -1.00 e. The molecule has 11 heteroatoms. The Morgan fingerprint density at radius 1 is 0.567 bits per heavy atom. The number of aliphatic hydroxyl groups is 3. The first-order valence-corrected chi connectivity index (χ1v) is 9.45. The van der Waals surface area contributed by atoms with Crippen molar-refractivity contribution in [3.63, 3.8) is 0 Å². The van der Waals surface area contributed by atoms with Crippen LogP contribution in [0.3, 0.4) is 0 Å². The van der Waals surface area contributed by atoms with Gasteiger partial charge in [-0.1, -0.05) is 0 Å². The zero-order valence-electron chi connectivity index (χ0n) is 20.4. The molecule has 0 saturated carbocycles. The van der Waals surface area contributed by atoms with Gasteiger partial charge >= 0.3 is 0 Å². The zero-order chi connectivity index (χ0) is 24.3. The lowest BCUT2D eigenvalue weighted by molar-refractivity contribution is -0.870. The fraction of sp³-hybridized carbons (Fsp3) is 0.895. The fourth-order valence-electron chi connectivity index (χ4n) is 1.10. The largest absolute Gasteiger partial charge is 1.00 e. The number of quaternary nitrogens is 3. The quantitative estimate of drug-likeness (QED) is 0.288. The van der Waals surface area contributed by atoms with E-state index in [1.807, 2.05) is 0 Å². The van der Waals surface area contributed by atoms with Crippen LogP contribution in [0, 0.1) is 0 Å². The first kappa shape index (κ1) is 39.5. The molecule has 0 radical (unpaired) electrons. The van der Waals surface area contributed by atoms with Crippen molar-refractivity contribution < 1.29 is 61.0 Å². The molecule has 0 aliphatic rings. The van der Waals surface area contributed by atoms with Crippen molar-refractivity contribution in [3.8, 4) is 0 Å². The molecule has 30 heavy (non-hydrogen) atoms. The van der Waals surface area contributed by atoms with E-state index >= 15 is 0 Å². The summed E-state index contributed by atoms with van der Waals surface area (Å²) in [6.45, 7) is 3.34. The van der Waals surface area contributed by atoms with Crippen molar-refractivity contribution in [2.75, 3.05) is 103 Å². The Morgan fingerprint density at radius 3 is 0.767 bits per heavy atom. The summed E-state index contributed by atoms with van der Waals surface area (Å²) in [4.78, 5) is 19.0. The molecule has 0 aromatic heterocycles. The maximum Gasteiger partial charge on any atom is 0.101 e. The Kier molecular flexibility index (Phi) is 27.9. The van der Waals surface area contributed by atoms with Crippen LogP contribution in [-0.2, 0) is 9.59 Å². The number of carboxylic acids is 2. The third-order valence-corrected chi connectivity index (χ3v) is 2.85. The van der Waals surface area contributed by atoms with Crippen LogP contribution in [0.25, 0.3) is 0 Å². The number of rotatable bonds is 9. The van der Waals surface area contributed by atoms with Gasteiger partial charge in [-0.2, -0.15) is 0 Å². The normalized spacial score (nSPS) is 10.7. The van der Waals surface area contributed by atoms with Crippen molar-refractivity contribution in [1.82, 2.24) is 0 Å². The van der Waals surface area contributed by atoms with Crippen molar-refractivity contribution in [3.05, 3.63) is 0 Å². The number of carbonyl (C=O) groups is 2. The van der Waals surface area contributed by atoms with E-state index in [1.54, 1.807) is 0 Å². The summed E-state index contributed by atoms with van der Waals surface area (Å²) in [6.07, 6.45) is -0.940. The highest BCUT2D eigenvalue weighted by Gasteiger charge is 2.03. The lowest BCUT2D eigenvalue weighted by Gasteiger charge is -2.21. The van der Waals surface area contributed by atoms with E-state index in [1.165, 1.54) is 0 Å². The van der Waals surface area contributed by atoms with Crippen LogP contribution in [0.2, 0.25) is 0 Å². The molecule has 186 valence electrons. The van der Waals surface area contributed by atoms with Crippen LogP contribution in [0.15, 0.2) is 0 Å². The van der Waals surface area contributed by atoms with Gasteiger partial charge in [0.25, 0.3) is 0 Å². The van der Waals surface area contributed by atoms with E-state index in [0.29, 0.717) is 0 Å². The molecule has 0 aromatic rings. The van der Waals surface area contributed by atoms with Crippen molar-refractivity contribution in [1.29, 1.82) is 0 Å².